The van der Waals surface area contributed by atoms with Crippen LogP contribution in [0.15, 0.2) is 0 Å². The maximum Gasteiger partial charge on any atom is 0.534 e. The molecule has 1 fully saturated rings. The van der Waals surface area contributed by atoms with Crippen molar-refractivity contribution in [2.24, 2.45) is 0 Å². The summed E-state index contributed by atoms with van der Waals surface area (Å²) in [4.78, 5) is 0. The average molecular weight is 473 g/mol. The minimum Gasteiger partial charge on any atom is -0.372 e. The highest BCUT2D eigenvalue weighted by Gasteiger charge is 2.62. The van der Waals surface area contributed by atoms with Gasteiger partial charge in [-0.25, -0.2) is 0 Å². The van der Waals surface area contributed by atoms with E-state index in [0.717, 1.165) is 25.9 Å². The van der Waals surface area contributed by atoms with E-state index in [1.807, 2.05) is 20.8 Å². The van der Waals surface area contributed by atoms with E-state index < -0.39 is 8.80 Å². The fraction of sp³-hybridized carbons (Fsp3) is 1.00. The Morgan fingerprint density at radius 1 is 0.594 bits per heavy atom. The summed E-state index contributed by atoms with van der Waals surface area (Å²) in [5.74, 6) is 0. The van der Waals surface area contributed by atoms with Crippen molar-refractivity contribution in [3.63, 3.8) is 0 Å². The summed E-state index contributed by atoms with van der Waals surface area (Å²) in [7, 11) is -2.87. The zero-order chi connectivity index (χ0) is 23.4. The van der Waals surface area contributed by atoms with Crippen molar-refractivity contribution in [1.82, 2.24) is 0 Å². The highest BCUT2D eigenvalue weighted by atomic mass is 28.4. The molecule has 1 unspecified atom stereocenters. The number of rotatable bonds is 22. The van der Waals surface area contributed by atoms with Crippen molar-refractivity contribution in [1.29, 1.82) is 0 Å². The molecule has 0 N–H and O–H groups in total. The number of hydrogen-bond donors (Lipinski definition) is 0. The van der Waals surface area contributed by atoms with Gasteiger partial charge in [-0.05, 0) is 46.5 Å². The lowest BCUT2D eigenvalue weighted by molar-refractivity contribution is -0.0985. The first-order valence-electron chi connectivity index (χ1n) is 14.3. The van der Waals surface area contributed by atoms with E-state index in [9.17, 15) is 0 Å². The molecule has 0 radical (unpaired) electrons. The Bertz CT molecular complexity index is 395. The molecule has 1 rings (SSSR count). The Morgan fingerprint density at radius 3 is 1.41 bits per heavy atom. The first-order valence-corrected chi connectivity index (χ1v) is 16.0. The number of hydrogen-bond acceptors (Lipinski definition) is 4. The van der Waals surface area contributed by atoms with Crippen molar-refractivity contribution in [2.75, 3.05) is 26.4 Å². The SMILES string of the molecule is CCCCCCCCCCCCCCCCC1([Si](OCC)(OCC)OCC)CCCCO1. The van der Waals surface area contributed by atoms with Crippen LogP contribution in [0.5, 0.6) is 0 Å². The highest BCUT2D eigenvalue weighted by Crippen LogP contribution is 2.40. The lowest BCUT2D eigenvalue weighted by Crippen LogP contribution is -2.67. The third kappa shape index (κ3) is 11.0. The monoisotopic (exact) mass is 472 g/mol. The molecule has 0 aliphatic carbocycles. The first-order chi connectivity index (χ1) is 15.7. The third-order valence-electron chi connectivity index (χ3n) is 6.85. The van der Waals surface area contributed by atoms with Gasteiger partial charge in [0, 0.05) is 26.4 Å². The van der Waals surface area contributed by atoms with Gasteiger partial charge in [0.05, 0.1) is 0 Å². The summed E-state index contributed by atoms with van der Waals surface area (Å²) in [5.41, 5.74) is 0. The van der Waals surface area contributed by atoms with Gasteiger partial charge in [-0.3, -0.25) is 0 Å². The van der Waals surface area contributed by atoms with Crippen LogP contribution in [0, 0.1) is 0 Å². The molecule has 5 heteroatoms. The van der Waals surface area contributed by atoms with Gasteiger partial charge in [-0.2, -0.15) is 0 Å². The van der Waals surface area contributed by atoms with Crippen LogP contribution in [-0.2, 0) is 18.0 Å². The fourth-order valence-corrected chi connectivity index (χ4v) is 8.56. The Hall–Kier alpha value is 0.0569. The van der Waals surface area contributed by atoms with Gasteiger partial charge in [0.2, 0.25) is 0 Å². The molecule has 0 amide bonds. The van der Waals surface area contributed by atoms with Gasteiger partial charge in [0.1, 0.15) is 5.22 Å². The predicted molar refractivity (Wildman–Crippen MR) is 138 cm³/mol. The summed E-state index contributed by atoms with van der Waals surface area (Å²) in [6, 6.07) is 0. The molecule has 1 aliphatic heterocycles. The molecule has 0 saturated carbocycles. The van der Waals surface area contributed by atoms with Crippen molar-refractivity contribution >= 4 is 8.80 Å². The second kappa shape index (κ2) is 19.4. The Balaban J connectivity index is 2.30. The molecule has 192 valence electrons. The van der Waals surface area contributed by atoms with Crippen molar-refractivity contribution < 1.29 is 18.0 Å². The van der Waals surface area contributed by atoms with Gasteiger partial charge >= 0.3 is 8.80 Å². The fourth-order valence-electron chi connectivity index (χ4n) is 5.14. The summed E-state index contributed by atoms with van der Waals surface area (Å²) >= 11 is 0. The predicted octanol–water partition coefficient (Wildman–Crippen LogP) is 8.38. The smallest absolute Gasteiger partial charge is 0.372 e. The van der Waals surface area contributed by atoms with Crippen LogP contribution in [-0.4, -0.2) is 40.5 Å². The number of ether oxygens (including phenoxy) is 1. The molecule has 0 aromatic heterocycles. The maximum absolute atomic E-state index is 6.49. The summed E-state index contributed by atoms with van der Waals surface area (Å²) in [6.07, 6.45) is 23.7. The highest BCUT2D eigenvalue weighted by molar-refractivity contribution is 6.64. The zero-order valence-corrected chi connectivity index (χ0v) is 23.2. The summed E-state index contributed by atoms with van der Waals surface area (Å²) in [5, 5.41) is -0.343. The minimum atomic E-state index is -2.87. The molecule has 0 aromatic rings. The molecule has 4 nitrogen and oxygen atoms in total. The van der Waals surface area contributed by atoms with Gasteiger partial charge < -0.3 is 18.0 Å². The quantitative estimate of drug-likeness (QED) is 0.117. The van der Waals surface area contributed by atoms with E-state index in [-0.39, 0.29) is 5.22 Å². The van der Waals surface area contributed by atoms with E-state index in [0.29, 0.717) is 19.8 Å². The topological polar surface area (TPSA) is 36.9 Å². The van der Waals surface area contributed by atoms with Crippen LogP contribution in [0.3, 0.4) is 0 Å². The normalized spacial score (nSPS) is 19.5. The van der Waals surface area contributed by atoms with E-state index in [1.54, 1.807) is 0 Å². The Labute approximate surface area is 201 Å². The van der Waals surface area contributed by atoms with Gasteiger partial charge in [0.15, 0.2) is 0 Å². The molecule has 0 aromatic carbocycles. The van der Waals surface area contributed by atoms with Crippen LogP contribution in [0.25, 0.3) is 0 Å². The maximum atomic E-state index is 6.49. The molecular formula is C27H56O4Si. The van der Waals surface area contributed by atoms with Crippen LogP contribution in [0.4, 0.5) is 0 Å². The third-order valence-corrected chi connectivity index (χ3v) is 10.6. The minimum absolute atomic E-state index is 0.343. The van der Waals surface area contributed by atoms with E-state index in [1.165, 1.54) is 96.3 Å². The molecule has 1 atom stereocenters. The van der Waals surface area contributed by atoms with Crippen molar-refractivity contribution in [3.05, 3.63) is 0 Å². The molecular weight excluding hydrogens is 416 g/mol. The van der Waals surface area contributed by atoms with Crippen LogP contribution < -0.4 is 0 Å². The summed E-state index contributed by atoms with van der Waals surface area (Å²) < 4.78 is 25.4. The zero-order valence-electron chi connectivity index (χ0n) is 22.2. The molecule has 32 heavy (non-hydrogen) atoms. The standard InChI is InChI=1S/C27H56O4Si/c1-5-9-10-11-12-13-14-15-16-17-18-19-20-21-24-27(25-22-23-26-28-27)32(29-6-2,30-7-3)31-8-4/h5-26H2,1-4H3. The second-order valence-electron chi connectivity index (χ2n) is 9.50. The lowest BCUT2D eigenvalue weighted by atomic mass is 10.0. The Morgan fingerprint density at radius 2 is 1.03 bits per heavy atom. The van der Waals surface area contributed by atoms with Crippen LogP contribution in [0.2, 0.25) is 0 Å². The van der Waals surface area contributed by atoms with E-state index in [4.69, 9.17) is 18.0 Å². The molecule has 0 bridgehead atoms. The van der Waals surface area contributed by atoms with Gasteiger partial charge in [-0.1, -0.05) is 96.8 Å². The lowest BCUT2D eigenvalue weighted by Gasteiger charge is -2.47. The molecule has 1 aliphatic rings. The summed E-state index contributed by atoms with van der Waals surface area (Å²) in [6.45, 7) is 11.1. The average Bonchev–Trinajstić information content (AvgIpc) is 2.80. The van der Waals surface area contributed by atoms with Crippen LogP contribution >= 0.6 is 0 Å². The van der Waals surface area contributed by atoms with E-state index in [2.05, 4.69) is 6.92 Å². The van der Waals surface area contributed by atoms with Crippen molar-refractivity contribution in [2.45, 2.75) is 148 Å². The van der Waals surface area contributed by atoms with Crippen molar-refractivity contribution in [3.8, 4) is 0 Å². The Kier molecular flexibility index (Phi) is 18.2. The van der Waals surface area contributed by atoms with Crippen LogP contribution in [0.1, 0.15) is 143 Å². The molecule has 0 spiro atoms. The second-order valence-corrected chi connectivity index (χ2v) is 12.4. The van der Waals surface area contributed by atoms with E-state index >= 15 is 0 Å². The largest absolute Gasteiger partial charge is 0.534 e. The van der Waals surface area contributed by atoms with Gasteiger partial charge in [0.25, 0.3) is 0 Å². The molecule has 1 heterocycles. The molecule has 1 saturated heterocycles. The van der Waals surface area contributed by atoms with Gasteiger partial charge in [-0.15, -0.1) is 0 Å². The first kappa shape index (κ1) is 30.1. The number of unbranched alkanes of at least 4 members (excludes halogenated alkanes) is 13.